The van der Waals surface area contributed by atoms with E-state index in [-0.39, 0.29) is 17.8 Å². The van der Waals surface area contributed by atoms with E-state index in [4.69, 9.17) is 25.5 Å². The van der Waals surface area contributed by atoms with Crippen molar-refractivity contribution in [2.45, 2.75) is 6.10 Å². The van der Waals surface area contributed by atoms with E-state index in [0.717, 1.165) is 5.39 Å². The van der Waals surface area contributed by atoms with Crippen molar-refractivity contribution in [1.82, 2.24) is 5.32 Å². The molecule has 0 radical (unpaired) electrons. The van der Waals surface area contributed by atoms with Crippen molar-refractivity contribution in [3.63, 3.8) is 0 Å². The number of fused-ring (bicyclic) bond motifs is 2. The van der Waals surface area contributed by atoms with Crippen molar-refractivity contribution in [3.8, 4) is 11.5 Å². The normalized spacial score (nSPS) is 16.1. The maximum Gasteiger partial charge on any atom is 0.287 e. The van der Waals surface area contributed by atoms with Gasteiger partial charge in [-0.2, -0.15) is 0 Å². The number of rotatable bonds is 3. The van der Waals surface area contributed by atoms with Gasteiger partial charge >= 0.3 is 0 Å². The molecule has 0 bridgehead atoms. The molecule has 3 aromatic rings. The van der Waals surface area contributed by atoms with E-state index >= 15 is 0 Å². The first-order valence-electron chi connectivity index (χ1n) is 7.55. The third-order valence-electron chi connectivity index (χ3n) is 3.76. The van der Waals surface area contributed by atoms with Gasteiger partial charge in [0.15, 0.2) is 17.3 Å². The summed E-state index contributed by atoms with van der Waals surface area (Å²) in [6, 6.07) is 14.3. The monoisotopic (exact) mass is 343 g/mol. The molecule has 1 aliphatic rings. The average molecular weight is 344 g/mol. The molecule has 1 N–H and O–H groups in total. The van der Waals surface area contributed by atoms with Crippen LogP contribution in [0.5, 0.6) is 11.5 Å². The van der Waals surface area contributed by atoms with Crippen molar-refractivity contribution in [2.24, 2.45) is 0 Å². The lowest BCUT2D eigenvalue weighted by atomic mass is 10.2. The van der Waals surface area contributed by atoms with Crippen LogP contribution in [-0.4, -0.2) is 25.2 Å². The van der Waals surface area contributed by atoms with Crippen molar-refractivity contribution in [2.75, 3.05) is 13.2 Å². The lowest BCUT2D eigenvalue weighted by Gasteiger charge is -2.26. The molecule has 0 saturated heterocycles. The van der Waals surface area contributed by atoms with Gasteiger partial charge in [-0.1, -0.05) is 23.7 Å². The van der Waals surface area contributed by atoms with Gasteiger partial charge in [0.25, 0.3) is 5.91 Å². The van der Waals surface area contributed by atoms with E-state index in [0.29, 0.717) is 35.3 Å². The van der Waals surface area contributed by atoms with Crippen LogP contribution in [0.2, 0.25) is 5.02 Å². The number of ether oxygens (including phenoxy) is 2. The Kier molecular flexibility index (Phi) is 3.78. The Morgan fingerprint density at radius 3 is 2.88 bits per heavy atom. The summed E-state index contributed by atoms with van der Waals surface area (Å²) in [5, 5.41) is 4.19. The van der Waals surface area contributed by atoms with E-state index in [1.165, 1.54) is 0 Å². The smallest absolute Gasteiger partial charge is 0.287 e. The molecule has 2 aromatic carbocycles. The van der Waals surface area contributed by atoms with Crippen LogP contribution in [0.4, 0.5) is 0 Å². The van der Waals surface area contributed by atoms with Gasteiger partial charge in [-0.05, 0) is 36.4 Å². The molecule has 1 unspecified atom stereocenters. The van der Waals surface area contributed by atoms with E-state index in [2.05, 4.69) is 5.32 Å². The molecule has 1 aliphatic heterocycles. The summed E-state index contributed by atoms with van der Waals surface area (Å²) in [6.45, 7) is 0.706. The average Bonchev–Trinajstić information content (AvgIpc) is 3.02. The SMILES string of the molecule is O=C(NCC1COc2ccccc2O1)c1cc2cc(Cl)ccc2o1. The number of amides is 1. The Hall–Kier alpha value is -2.66. The van der Waals surface area contributed by atoms with E-state index in [1.807, 2.05) is 24.3 Å². The van der Waals surface area contributed by atoms with Gasteiger partial charge in [-0.15, -0.1) is 0 Å². The molecule has 1 atom stereocenters. The molecular weight excluding hydrogens is 330 g/mol. The zero-order valence-corrected chi connectivity index (χ0v) is 13.4. The Bertz CT molecular complexity index is 905. The topological polar surface area (TPSA) is 60.7 Å². The van der Waals surface area contributed by atoms with Crippen LogP contribution >= 0.6 is 11.6 Å². The standard InChI is InChI=1S/C18H14ClNO4/c19-12-5-6-14-11(7-12)8-17(24-14)18(21)20-9-13-10-22-15-3-1-2-4-16(15)23-13/h1-8,13H,9-10H2,(H,20,21). The fourth-order valence-corrected chi connectivity index (χ4v) is 2.76. The van der Waals surface area contributed by atoms with Gasteiger partial charge in [0.1, 0.15) is 18.3 Å². The Balaban J connectivity index is 1.41. The molecule has 2 heterocycles. The Morgan fingerprint density at radius 1 is 1.17 bits per heavy atom. The summed E-state index contributed by atoms with van der Waals surface area (Å²) >= 11 is 5.94. The summed E-state index contributed by atoms with van der Waals surface area (Å²) in [4.78, 5) is 12.3. The summed E-state index contributed by atoms with van der Waals surface area (Å²) in [5.41, 5.74) is 0.621. The van der Waals surface area contributed by atoms with Gasteiger partial charge in [0.05, 0.1) is 6.54 Å². The number of nitrogens with one attached hydrogen (secondary N) is 1. The highest BCUT2D eigenvalue weighted by Crippen LogP contribution is 2.30. The molecule has 6 heteroatoms. The number of hydrogen-bond donors (Lipinski definition) is 1. The predicted octanol–water partition coefficient (Wildman–Crippen LogP) is 3.66. The third-order valence-corrected chi connectivity index (χ3v) is 4.00. The van der Waals surface area contributed by atoms with Crippen molar-refractivity contribution in [3.05, 3.63) is 59.3 Å². The van der Waals surface area contributed by atoms with Gasteiger partial charge < -0.3 is 19.2 Å². The van der Waals surface area contributed by atoms with E-state index in [1.54, 1.807) is 24.3 Å². The molecule has 0 saturated carbocycles. The lowest BCUT2D eigenvalue weighted by Crippen LogP contribution is -2.40. The van der Waals surface area contributed by atoms with Crippen LogP contribution in [0.15, 0.2) is 52.9 Å². The second-order valence-electron chi connectivity index (χ2n) is 5.50. The number of para-hydroxylation sites is 2. The van der Waals surface area contributed by atoms with Gasteiger partial charge in [0.2, 0.25) is 0 Å². The first kappa shape index (κ1) is 14.9. The molecule has 0 spiro atoms. The van der Waals surface area contributed by atoms with E-state index < -0.39 is 0 Å². The largest absolute Gasteiger partial charge is 0.486 e. The second kappa shape index (κ2) is 6.09. The minimum atomic E-state index is -0.301. The molecule has 4 rings (SSSR count). The number of carbonyl (C=O) groups excluding carboxylic acids is 1. The van der Waals surface area contributed by atoms with Gasteiger partial charge in [0, 0.05) is 10.4 Å². The van der Waals surface area contributed by atoms with Crippen molar-refractivity contribution < 1.29 is 18.7 Å². The van der Waals surface area contributed by atoms with Gasteiger partial charge in [-0.25, -0.2) is 0 Å². The lowest BCUT2D eigenvalue weighted by molar-refractivity contribution is 0.0774. The van der Waals surface area contributed by atoms with Crippen LogP contribution in [0.3, 0.4) is 0 Å². The maximum absolute atomic E-state index is 12.3. The van der Waals surface area contributed by atoms with Crippen LogP contribution in [0, 0.1) is 0 Å². The molecule has 1 aromatic heterocycles. The molecule has 5 nitrogen and oxygen atoms in total. The molecule has 24 heavy (non-hydrogen) atoms. The minimum Gasteiger partial charge on any atom is -0.486 e. The summed E-state index contributed by atoms with van der Waals surface area (Å²) in [6.07, 6.45) is -0.248. The quantitative estimate of drug-likeness (QED) is 0.788. The first-order valence-corrected chi connectivity index (χ1v) is 7.92. The zero-order valence-electron chi connectivity index (χ0n) is 12.6. The highest BCUT2D eigenvalue weighted by molar-refractivity contribution is 6.31. The highest BCUT2D eigenvalue weighted by atomic mass is 35.5. The van der Waals surface area contributed by atoms with Crippen LogP contribution < -0.4 is 14.8 Å². The fourth-order valence-electron chi connectivity index (χ4n) is 2.58. The van der Waals surface area contributed by atoms with Crippen LogP contribution in [0.1, 0.15) is 10.6 Å². The fraction of sp³-hybridized carbons (Fsp3) is 0.167. The minimum absolute atomic E-state index is 0.240. The highest BCUT2D eigenvalue weighted by Gasteiger charge is 2.22. The molecule has 0 aliphatic carbocycles. The summed E-state index contributed by atoms with van der Waals surface area (Å²) in [5.74, 6) is 1.34. The summed E-state index contributed by atoms with van der Waals surface area (Å²) < 4.78 is 17.0. The van der Waals surface area contributed by atoms with E-state index in [9.17, 15) is 4.79 Å². The van der Waals surface area contributed by atoms with Crippen molar-refractivity contribution >= 4 is 28.5 Å². The summed E-state index contributed by atoms with van der Waals surface area (Å²) in [7, 11) is 0. The van der Waals surface area contributed by atoms with Crippen LogP contribution in [-0.2, 0) is 0 Å². The van der Waals surface area contributed by atoms with Gasteiger partial charge in [-0.3, -0.25) is 4.79 Å². The molecular formula is C18H14ClNO4. The Labute approximate surface area is 143 Å². The third kappa shape index (κ3) is 2.90. The van der Waals surface area contributed by atoms with Crippen molar-refractivity contribution in [1.29, 1.82) is 0 Å². The number of benzene rings is 2. The predicted molar refractivity (Wildman–Crippen MR) is 89.9 cm³/mol. The molecule has 1 amide bonds. The number of furan rings is 1. The Morgan fingerprint density at radius 2 is 2.00 bits per heavy atom. The number of halogens is 1. The zero-order chi connectivity index (χ0) is 16.5. The second-order valence-corrected chi connectivity index (χ2v) is 5.94. The molecule has 0 fully saturated rings. The number of carbonyl (C=O) groups is 1. The first-order chi connectivity index (χ1) is 11.7. The van der Waals surface area contributed by atoms with Crippen LogP contribution in [0.25, 0.3) is 11.0 Å². The molecule has 122 valence electrons. The number of hydrogen-bond acceptors (Lipinski definition) is 4. The maximum atomic E-state index is 12.3.